The second kappa shape index (κ2) is 9.09. The van der Waals surface area contributed by atoms with Gasteiger partial charge in [0.05, 0.1) is 19.7 Å². The lowest BCUT2D eigenvalue weighted by atomic mass is 9.74. The molecule has 174 valence electrons. The van der Waals surface area contributed by atoms with Crippen molar-refractivity contribution in [3.8, 4) is 11.5 Å². The third-order valence-electron chi connectivity index (χ3n) is 6.47. The predicted molar refractivity (Wildman–Crippen MR) is 128 cm³/mol. The number of methoxy groups -OCH3 is 2. The molecule has 2 aromatic heterocycles. The SMILES string of the molecule is COc1cc2nc(N(C)CC3(c4ccccn4)CCN(C(C)=O)CC3)nc(N)c2cc1OC. The summed E-state index contributed by atoms with van der Waals surface area (Å²) in [4.78, 5) is 29.8. The molecular formula is C24H30N6O3. The number of nitrogens with two attached hydrogens (primary N) is 1. The Bertz CT molecular complexity index is 1150. The van der Waals surface area contributed by atoms with Crippen LogP contribution in [0.25, 0.3) is 10.9 Å². The van der Waals surface area contributed by atoms with Gasteiger partial charge in [0.25, 0.3) is 0 Å². The van der Waals surface area contributed by atoms with E-state index in [1.165, 1.54) is 0 Å². The Balaban J connectivity index is 1.68. The minimum absolute atomic E-state index is 0.105. The van der Waals surface area contributed by atoms with Crippen LogP contribution in [0.1, 0.15) is 25.5 Å². The summed E-state index contributed by atoms with van der Waals surface area (Å²) in [6, 6.07) is 9.58. The molecular weight excluding hydrogens is 420 g/mol. The first-order valence-electron chi connectivity index (χ1n) is 10.9. The summed E-state index contributed by atoms with van der Waals surface area (Å²) in [5.74, 6) is 2.16. The molecule has 9 heteroatoms. The number of ether oxygens (including phenoxy) is 2. The average molecular weight is 451 g/mol. The minimum atomic E-state index is -0.230. The van der Waals surface area contributed by atoms with Crippen molar-refractivity contribution in [1.29, 1.82) is 0 Å². The van der Waals surface area contributed by atoms with Gasteiger partial charge >= 0.3 is 0 Å². The summed E-state index contributed by atoms with van der Waals surface area (Å²) in [7, 11) is 5.13. The molecule has 3 aromatic rings. The van der Waals surface area contributed by atoms with Crippen molar-refractivity contribution >= 4 is 28.6 Å². The van der Waals surface area contributed by atoms with Crippen LogP contribution in [0, 0.1) is 0 Å². The van der Waals surface area contributed by atoms with E-state index in [9.17, 15) is 4.79 Å². The monoisotopic (exact) mass is 450 g/mol. The van der Waals surface area contributed by atoms with Gasteiger partial charge in [-0.05, 0) is 31.0 Å². The van der Waals surface area contributed by atoms with Gasteiger partial charge in [0.1, 0.15) is 5.82 Å². The zero-order valence-electron chi connectivity index (χ0n) is 19.5. The first-order chi connectivity index (χ1) is 15.9. The van der Waals surface area contributed by atoms with Crippen LogP contribution in [0.5, 0.6) is 11.5 Å². The number of pyridine rings is 1. The maximum absolute atomic E-state index is 11.9. The van der Waals surface area contributed by atoms with Crippen molar-refractivity contribution < 1.29 is 14.3 Å². The van der Waals surface area contributed by atoms with Crippen LogP contribution in [0.15, 0.2) is 36.5 Å². The fraction of sp³-hybridized carbons (Fsp3) is 0.417. The Morgan fingerprint density at radius 2 is 1.85 bits per heavy atom. The van der Waals surface area contributed by atoms with Crippen LogP contribution in [0.3, 0.4) is 0 Å². The molecule has 0 bridgehead atoms. The lowest BCUT2D eigenvalue weighted by molar-refractivity contribution is -0.130. The molecule has 0 unspecified atom stereocenters. The van der Waals surface area contributed by atoms with Gasteiger partial charge < -0.3 is 25.0 Å². The summed E-state index contributed by atoms with van der Waals surface area (Å²) < 4.78 is 10.8. The Labute approximate surface area is 193 Å². The van der Waals surface area contributed by atoms with Crippen molar-refractivity contribution in [1.82, 2.24) is 19.9 Å². The number of hydrogen-bond acceptors (Lipinski definition) is 8. The Kier molecular flexibility index (Phi) is 6.22. The highest BCUT2D eigenvalue weighted by Crippen LogP contribution is 2.37. The second-order valence-electron chi connectivity index (χ2n) is 8.49. The molecule has 1 aromatic carbocycles. The molecule has 1 saturated heterocycles. The van der Waals surface area contributed by atoms with Crippen LogP contribution in [-0.4, -0.2) is 66.7 Å². The summed E-state index contributed by atoms with van der Waals surface area (Å²) in [5, 5.41) is 0.707. The van der Waals surface area contributed by atoms with Crippen molar-refractivity contribution in [2.24, 2.45) is 0 Å². The largest absolute Gasteiger partial charge is 0.493 e. The number of nitrogens with zero attached hydrogens (tertiary/aromatic N) is 5. The predicted octanol–water partition coefficient (Wildman–Crippen LogP) is 2.64. The number of likely N-dealkylation sites (N-methyl/N-ethyl adjacent to an activating group) is 1. The number of hydrogen-bond donors (Lipinski definition) is 1. The molecule has 0 spiro atoms. The Morgan fingerprint density at radius 1 is 1.15 bits per heavy atom. The highest BCUT2D eigenvalue weighted by atomic mass is 16.5. The van der Waals surface area contributed by atoms with Gasteiger partial charge in [-0.1, -0.05) is 6.07 Å². The van der Waals surface area contributed by atoms with E-state index in [-0.39, 0.29) is 11.3 Å². The number of nitrogen functional groups attached to an aromatic ring is 1. The number of carbonyl (C=O) groups is 1. The normalized spacial score (nSPS) is 15.3. The smallest absolute Gasteiger partial charge is 0.227 e. The zero-order chi connectivity index (χ0) is 23.6. The highest BCUT2D eigenvalue weighted by molar-refractivity contribution is 5.91. The average Bonchev–Trinajstić information content (AvgIpc) is 2.84. The molecule has 1 aliphatic heterocycles. The number of aromatic nitrogens is 3. The summed E-state index contributed by atoms with van der Waals surface area (Å²) in [6.07, 6.45) is 3.43. The molecule has 0 atom stereocenters. The summed E-state index contributed by atoms with van der Waals surface area (Å²) in [6.45, 7) is 3.65. The molecule has 9 nitrogen and oxygen atoms in total. The van der Waals surface area contributed by atoms with Crippen LogP contribution in [-0.2, 0) is 10.2 Å². The number of benzene rings is 1. The molecule has 1 amide bonds. The highest BCUT2D eigenvalue weighted by Gasteiger charge is 2.39. The lowest BCUT2D eigenvalue weighted by Gasteiger charge is -2.43. The van der Waals surface area contributed by atoms with Crippen molar-refractivity contribution in [3.63, 3.8) is 0 Å². The Morgan fingerprint density at radius 3 is 2.45 bits per heavy atom. The molecule has 1 fully saturated rings. The standard InChI is InChI=1S/C24H30N6O3/c1-16(31)30-11-8-24(9-12-30,21-7-5-6-10-26-21)15-29(2)23-27-18-14-20(33-4)19(32-3)13-17(18)22(25)28-23/h5-7,10,13-14H,8-9,11-12,15H2,1-4H3,(H2,25,27,28). The van der Waals surface area contributed by atoms with Gasteiger partial charge in [0.15, 0.2) is 11.5 Å². The first-order valence-corrected chi connectivity index (χ1v) is 10.9. The van der Waals surface area contributed by atoms with Crippen molar-refractivity contribution in [3.05, 3.63) is 42.2 Å². The zero-order valence-corrected chi connectivity index (χ0v) is 19.5. The van der Waals surface area contributed by atoms with Gasteiger partial charge in [-0.15, -0.1) is 0 Å². The number of fused-ring (bicyclic) bond motifs is 1. The third kappa shape index (κ3) is 4.35. The van der Waals surface area contributed by atoms with Gasteiger partial charge in [-0.3, -0.25) is 9.78 Å². The van der Waals surface area contributed by atoms with E-state index in [0.29, 0.717) is 53.8 Å². The van der Waals surface area contributed by atoms with Gasteiger partial charge in [-0.25, -0.2) is 4.98 Å². The van der Waals surface area contributed by atoms with Crippen molar-refractivity contribution in [2.45, 2.75) is 25.2 Å². The molecule has 0 aliphatic carbocycles. The van der Waals surface area contributed by atoms with E-state index >= 15 is 0 Å². The maximum Gasteiger partial charge on any atom is 0.227 e. The van der Waals surface area contributed by atoms with E-state index < -0.39 is 0 Å². The number of likely N-dealkylation sites (tertiary alicyclic amines) is 1. The van der Waals surface area contributed by atoms with Gasteiger partial charge in [0.2, 0.25) is 11.9 Å². The van der Waals surface area contributed by atoms with Crippen LogP contribution in [0.2, 0.25) is 0 Å². The Hall–Kier alpha value is -3.62. The minimum Gasteiger partial charge on any atom is -0.493 e. The molecule has 4 rings (SSSR count). The molecule has 2 N–H and O–H groups in total. The van der Waals surface area contributed by atoms with Gasteiger partial charge in [-0.2, -0.15) is 4.98 Å². The number of piperidine rings is 1. The summed E-state index contributed by atoms with van der Waals surface area (Å²) in [5.41, 5.74) is 7.77. The van der Waals surface area contributed by atoms with E-state index in [1.807, 2.05) is 41.2 Å². The molecule has 0 radical (unpaired) electrons. The maximum atomic E-state index is 11.9. The number of rotatable bonds is 6. The van der Waals surface area contributed by atoms with Crippen LogP contribution < -0.4 is 20.1 Å². The fourth-order valence-electron chi connectivity index (χ4n) is 4.58. The van der Waals surface area contributed by atoms with E-state index in [2.05, 4.69) is 16.0 Å². The molecule has 1 aliphatic rings. The molecule has 0 saturated carbocycles. The van der Waals surface area contributed by atoms with E-state index in [1.54, 1.807) is 27.2 Å². The molecule has 33 heavy (non-hydrogen) atoms. The lowest BCUT2D eigenvalue weighted by Crippen LogP contribution is -2.50. The van der Waals surface area contributed by atoms with E-state index in [4.69, 9.17) is 20.2 Å². The van der Waals surface area contributed by atoms with Gasteiger partial charge in [0, 0.05) is 62.4 Å². The van der Waals surface area contributed by atoms with Crippen LogP contribution >= 0.6 is 0 Å². The fourth-order valence-corrected chi connectivity index (χ4v) is 4.58. The van der Waals surface area contributed by atoms with Crippen molar-refractivity contribution in [2.75, 3.05) is 51.5 Å². The quantitative estimate of drug-likeness (QED) is 0.611. The second-order valence-corrected chi connectivity index (χ2v) is 8.49. The van der Waals surface area contributed by atoms with E-state index in [0.717, 1.165) is 18.5 Å². The summed E-state index contributed by atoms with van der Waals surface area (Å²) >= 11 is 0. The first kappa shape index (κ1) is 22.6. The third-order valence-corrected chi connectivity index (χ3v) is 6.47. The molecule has 3 heterocycles. The topological polar surface area (TPSA) is 107 Å². The number of amides is 1. The van der Waals surface area contributed by atoms with Crippen LogP contribution in [0.4, 0.5) is 11.8 Å². The number of carbonyl (C=O) groups excluding carboxylic acids is 1. The number of anilines is 2.